The van der Waals surface area contributed by atoms with Gasteiger partial charge < -0.3 is 15.0 Å². The molecule has 0 radical (unpaired) electrons. The van der Waals surface area contributed by atoms with Crippen LogP contribution in [0.5, 0.6) is 0 Å². The molecule has 1 fully saturated rings. The Kier molecular flexibility index (Phi) is 6.62. The summed E-state index contributed by atoms with van der Waals surface area (Å²) in [6.07, 6.45) is 0.477. The minimum Gasteiger partial charge on any atom is -0.381 e. The average Bonchev–Trinajstić information content (AvgIpc) is 2.66. The molecule has 0 bridgehead atoms. The summed E-state index contributed by atoms with van der Waals surface area (Å²) in [4.78, 5) is 2.36. The number of benzene rings is 2. The van der Waals surface area contributed by atoms with Gasteiger partial charge in [0.05, 0.1) is 17.0 Å². The maximum absolute atomic E-state index is 12.3. The first-order chi connectivity index (χ1) is 14.0. The fourth-order valence-electron chi connectivity index (χ4n) is 3.38. The lowest BCUT2D eigenvalue weighted by Gasteiger charge is -2.36. The van der Waals surface area contributed by atoms with Gasteiger partial charge in [0.25, 0.3) is 0 Å². The zero-order valence-corrected chi connectivity index (χ0v) is 19.3. The number of hydrogen-bond acceptors (Lipinski definition) is 5. The van der Waals surface area contributed by atoms with Crippen molar-refractivity contribution >= 4 is 27.1 Å². The Labute approximate surface area is 180 Å². The quantitative estimate of drug-likeness (QED) is 0.707. The molecule has 0 saturated carbocycles. The first kappa shape index (κ1) is 22.4. The lowest BCUT2D eigenvalue weighted by Crippen LogP contribution is -2.45. The van der Waals surface area contributed by atoms with Crippen molar-refractivity contribution in [3.8, 4) is 0 Å². The van der Waals surface area contributed by atoms with Crippen LogP contribution in [-0.4, -0.2) is 38.5 Å². The molecule has 0 amide bonds. The summed E-state index contributed by atoms with van der Waals surface area (Å²) in [7, 11) is -3.42. The van der Waals surface area contributed by atoms with E-state index in [0.717, 1.165) is 24.3 Å². The Balaban J connectivity index is 1.56. The summed E-state index contributed by atoms with van der Waals surface area (Å²) >= 11 is 0. The zero-order valence-electron chi connectivity index (χ0n) is 18.5. The molecule has 2 N–H and O–H groups in total. The Morgan fingerprint density at radius 1 is 0.933 bits per heavy atom. The molecule has 30 heavy (non-hydrogen) atoms. The van der Waals surface area contributed by atoms with Crippen molar-refractivity contribution in [3.63, 3.8) is 0 Å². The van der Waals surface area contributed by atoms with E-state index in [0.29, 0.717) is 12.2 Å². The molecule has 1 aliphatic heterocycles. The van der Waals surface area contributed by atoms with E-state index in [2.05, 4.69) is 53.1 Å². The minimum absolute atomic E-state index is 0.238. The average molecular weight is 432 g/mol. The molecule has 1 saturated heterocycles. The number of ether oxygens (including phenoxy) is 1. The summed E-state index contributed by atoms with van der Waals surface area (Å²) in [6.45, 7) is 11.7. The van der Waals surface area contributed by atoms with Crippen LogP contribution in [0.1, 0.15) is 40.2 Å². The second-order valence-corrected chi connectivity index (χ2v) is 11.4. The molecule has 6 nitrogen and oxygen atoms in total. The second-order valence-electron chi connectivity index (χ2n) is 8.98. The fraction of sp³-hybridized carbons (Fsp3) is 0.478. The maximum atomic E-state index is 12.3. The van der Waals surface area contributed by atoms with E-state index < -0.39 is 14.8 Å². The third-order valence-corrected chi connectivity index (χ3v) is 7.28. The van der Waals surface area contributed by atoms with Crippen LogP contribution in [0.2, 0.25) is 0 Å². The first-order valence-corrected chi connectivity index (χ1v) is 11.9. The number of nitrogens with zero attached hydrogens (tertiary/aromatic N) is 1. The van der Waals surface area contributed by atoms with E-state index in [4.69, 9.17) is 4.74 Å². The monoisotopic (exact) mass is 431 g/mol. The van der Waals surface area contributed by atoms with Crippen molar-refractivity contribution in [2.75, 3.05) is 28.0 Å². The molecule has 1 aliphatic rings. The summed E-state index contributed by atoms with van der Waals surface area (Å²) in [5.41, 5.74) is 3.91. The van der Waals surface area contributed by atoms with Gasteiger partial charge in [-0.1, -0.05) is 12.1 Å². The van der Waals surface area contributed by atoms with E-state index in [1.54, 1.807) is 32.9 Å². The third kappa shape index (κ3) is 5.67. The molecule has 0 aromatic heterocycles. The molecule has 0 spiro atoms. The predicted molar refractivity (Wildman–Crippen MR) is 125 cm³/mol. The van der Waals surface area contributed by atoms with Crippen LogP contribution >= 0.6 is 0 Å². The molecular weight excluding hydrogens is 398 g/mol. The van der Waals surface area contributed by atoms with Crippen molar-refractivity contribution < 1.29 is 13.2 Å². The number of rotatable bonds is 6. The highest BCUT2D eigenvalue weighted by Crippen LogP contribution is 2.23. The zero-order chi connectivity index (χ0) is 21.9. The standard InChI is InChI=1S/C23H33N3O3S/c1-17-15-26(16-18(2)29-17)22-12-10-20(11-13-22)24-14-19-6-8-21(9-7-19)25-30(27,28)23(3,4)5/h6-13,17-18,24-25H,14-16H2,1-5H3/t17-,18-/m1/s1. The molecule has 0 aliphatic carbocycles. The van der Waals surface area contributed by atoms with Gasteiger partial charge in [0.15, 0.2) is 0 Å². The highest BCUT2D eigenvalue weighted by Gasteiger charge is 2.28. The number of anilines is 3. The highest BCUT2D eigenvalue weighted by molar-refractivity contribution is 7.94. The number of morpholine rings is 1. The van der Waals surface area contributed by atoms with E-state index in [1.165, 1.54) is 5.69 Å². The van der Waals surface area contributed by atoms with Crippen molar-refractivity contribution in [2.24, 2.45) is 0 Å². The van der Waals surface area contributed by atoms with E-state index in [1.807, 2.05) is 12.1 Å². The van der Waals surface area contributed by atoms with Gasteiger partial charge in [-0.3, -0.25) is 4.72 Å². The van der Waals surface area contributed by atoms with Crippen molar-refractivity contribution in [1.29, 1.82) is 0 Å². The van der Waals surface area contributed by atoms with Crippen LogP contribution in [0.4, 0.5) is 17.1 Å². The first-order valence-electron chi connectivity index (χ1n) is 10.4. The van der Waals surface area contributed by atoms with Crippen LogP contribution < -0.4 is 14.9 Å². The Morgan fingerprint density at radius 2 is 1.47 bits per heavy atom. The van der Waals surface area contributed by atoms with Gasteiger partial charge in [-0.25, -0.2) is 8.42 Å². The smallest absolute Gasteiger partial charge is 0.237 e. The van der Waals surface area contributed by atoms with Gasteiger partial charge in [-0.05, 0) is 76.6 Å². The maximum Gasteiger partial charge on any atom is 0.237 e. The summed E-state index contributed by atoms with van der Waals surface area (Å²) in [5, 5.41) is 3.42. The Morgan fingerprint density at radius 3 is 2.00 bits per heavy atom. The van der Waals surface area contributed by atoms with Crippen LogP contribution in [0.3, 0.4) is 0 Å². The van der Waals surface area contributed by atoms with Crippen molar-refractivity contribution in [3.05, 3.63) is 54.1 Å². The minimum atomic E-state index is -3.42. The molecule has 7 heteroatoms. The topological polar surface area (TPSA) is 70.7 Å². The predicted octanol–water partition coefficient (Wildman–Crippen LogP) is 4.45. The third-order valence-electron chi connectivity index (χ3n) is 5.16. The lowest BCUT2D eigenvalue weighted by molar-refractivity contribution is -0.00521. The molecule has 2 atom stereocenters. The molecular formula is C23H33N3O3S. The highest BCUT2D eigenvalue weighted by atomic mass is 32.2. The number of hydrogen-bond donors (Lipinski definition) is 2. The number of nitrogens with one attached hydrogen (secondary N) is 2. The van der Waals surface area contributed by atoms with Crippen LogP contribution in [0, 0.1) is 0 Å². The van der Waals surface area contributed by atoms with E-state index in [-0.39, 0.29) is 12.2 Å². The Bertz CT molecular complexity index is 925. The van der Waals surface area contributed by atoms with E-state index in [9.17, 15) is 8.42 Å². The Hall–Kier alpha value is -2.25. The molecule has 3 rings (SSSR count). The molecule has 0 unspecified atom stereocenters. The SMILES string of the molecule is C[C@@H]1CN(c2ccc(NCc3ccc(NS(=O)(=O)C(C)(C)C)cc3)cc2)C[C@@H](C)O1. The molecule has 1 heterocycles. The van der Waals surface area contributed by atoms with E-state index >= 15 is 0 Å². The second kappa shape index (κ2) is 8.86. The van der Waals surface area contributed by atoms with Gasteiger partial charge in [-0.2, -0.15) is 0 Å². The summed E-state index contributed by atoms with van der Waals surface area (Å²) in [5.74, 6) is 0. The van der Waals surface area contributed by atoms with Crippen LogP contribution in [-0.2, 0) is 21.3 Å². The van der Waals surface area contributed by atoms with Crippen LogP contribution in [0.15, 0.2) is 48.5 Å². The number of sulfonamides is 1. The molecule has 2 aromatic rings. The lowest BCUT2D eigenvalue weighted by atomic mass is 10.1. The normalized spacial score (nSPS) is 20.1. The molecule has 164 valence electrons. The van der Waals surface area contributed by atoms with Crippen molar-refractivity contribution in [2.45, 2.75) is 58.1 Å². The summed E-state index contributed by atoms with van der Waals surface area (Å²) in [6, 6.07) is 15.9. The van der Waals surface area contributed by atoms with Gasteiger partial charge in [0.2, 0.25) is 10.0 Å². The van der Waals surface area contributed by atoms with Crippen LogP contribution in [0.25, 0.3) is 0 Å². The van der Waals surface area contributed by atoms with Gasteiger partial charge in [0.1, 0.15) is 0 Å². The van der Waals surface area contributed by atoms with Gasteiger partial charge >= 0.3 is 0 Å². The van der Waals surface area contributed by atoms with Gasteiger partial charge in [0, 0.05) is 36.7 Å². The summed E-state index contributed by atoms with van der Waals surface area (Å²) < 4.78 is 32.1. The van der Waals surface area contributed by atoms with Crippen molar-refractivity contribution in [1.82, 2.24) is 0 Å². The molecule has 2 aromatic carbocycles. The van der Waals surface area contributed by atoms with Gasteiger partial charge in [-0.15, -0.1) is 0 Å². The largest absolute Gasteiger partial charge is 0.381 e. The fourth-order valence-corrected chi connectivity index (χ4v) is 4.13.